The summed E-state index contributed by atoms with van der Waals surface area (Å²) in [4.78, 5) is 8.83. The Labute approximate surface area is 107 Å². The largest absolute Gasteiger partial charge is 0.388 e. The van der Waals surface area contributed by atoms with E-state index in [1.807, 2.05) is 30.3 Å². The van der Waals surface area contributed by atoms with Crippen LogP contribution in [-0.2, 0) is 0 Å². The van der Waals surface area contributed by atoms with Crippen molar-refractivity contribution in [3.05, 3.63) is 36.0 Å². The lowest BCUT2D eigenvalue weighted by molar-refractivity contribution is 0.954. The van der Waals surface area contributed by atoms with Gasteiger partial charge in [0.1, 0.15) is 10.7 Å². The Morgan fingerprint density at radius 2 is 1.89 bits per heavy atom. The molecule has 0 aliphatic carbocycles. The van der Waals surface area contributed by atoms with Crippen LogP contribution in [0.4, 0.5) is 0 Å². The van der Waals surface area contributed by atoms with E-state index in [9.17, 15) is 0 Å². The first-order valence-corrected chi connectivity index (χ1v) is 5.60. The van der Waals surface area contributed by atoms with Crippen LogP contribution >= 0.6 is 12.2 Å². The van der Waals surface area contributed by atoms with Gasteiger partial charge in [-0.1, -0.05) is 42.5 Å². The molecular formula is C11H8N6S. The van der Waals surface area contributed by atoms with Crippen molar-refractivity contribution < 1.29 is 0 Å². The minimum atomic E-state index is 0.175. The molecule has 0 aliphatic rings. The number of H-pyrrole nitrogens is 1. The normalized spacial score (nSPS) is 10.7. The fourth-order valence-corrected chi connectivity index (χ4v) is 1.78. The average molecular weight is 256 g/mol. The highest BCUT2D eigenvalue weighted by atomic mass is 32.1. The van der Waals surface area contributed by atoms with E-state index in [-0.39, 0.29) is 4.99 Å². The van der Waals surface area contributed by atoms with E-state index in [1.165, 1.54) is 0 Å². The van der Waals surface area contributed by atoms with Gasteiger partial charge in [0.15, 0.2) is 11.3 Å². The number of nitrogens with zero attached hydrogens (tertiary/aromatic N) is 4. The van der Waals surface area contributed by atoms with Crippen LogP contribution in [0.25, 0.3) is 22.6 Å². The van der Waals surface area contributed by atoms with Crippen LogP contribution in [0.2, 0.25) is 0 Å². The number of fused-ring (bicyclic) bond motifs is 1. The second-order valence-electron chi connectivity index (χ2n) is 3.62. The summed E-state index contributed by atoms with van der Waals surface area (Å²) in [5.74, 6) is 0.528. The fraction of sp³-hybridized carbons (Fsp3) is 0. The van der Waals surface area contributed by atoms with E-state index in [0.717, 1.165) is 5.56 Å². The Morgan fingerprint density at radius 3 is 2.61 bits per heavy atom. The Hall–Kier alpha value is -2.41. The molecule has 0 saturated heterocycles. The molecule has 2 aromatic heterocycles. The molecule has 3 aromatic rings. The lowest BCUT2D eigenvalue weighted by atomic mass is 10.2. The van der Waals surface area contributed by atoms with Crippen molar-refractivity contribution in [2.75, 3.05) is 0 Å². The van der Waals surface area contributed by atoms with Crippen molar-refractivity contribution in [1.29, 1.82) is 0 Å². The molecule has 0 unspecified atom stereocenters. The van der Waals surface area contributed by atoms with E-state index in [1.54, 1.807) is 0 Å². The van der Waals surface area contributed by atoms with E-state index in [0.29, 0.717) is 22.7 Å². The smallest absolute Gasteiger partial charge is 0.205 e. The van der Waals surface area contributed by atoms with E-state index in [2.05, 4.69) is 25.4 Å². The molecule has 0 fully saturated rings. The summed E-state index contributed by atoms with van der Waals surface area (Å²) in [5.41, 5.74) is 7.89. The summed E-state index contributed by atoms with van der Waals surface area (Å²) >= 11 is 4.97. The molecule has 3 rings (SSSR count). The summed E-state index contributed by atoms with van der Waals surface area (Å²) in [7, 11) is 0. The maximum atomic E-state index is 5.65. The van der Waals surface area contributed by atoms with Crippen molar-refractivity contribution in [2.24, 2.45) is 5.73 Å². The molecule has 18 heavy (non-hydrogen) atoms. The van der Waals surface area contributed by atoms with Gasteiger partial charge in [-0.3, -0.25) is 0 Å². The Kier molecular flexibility index (Phi) is 2.45. The third-order valence-corrected chi connectivity index (χ3v) is 2.64. The number of hydrogen-bond acceptors (Lipinski definition) is 5. The topological polar surface area (TPSA) is 93.4 Å². The molecular weight excluding hydrogens is 248 g/mol. The lowest BCUT2D eigenvalue weighted by Crippen LogP contribution is -2.13. The maximum absolute atomic E-state index is 5.65. The van der Waals surface area contributed by atoms with Gasteiger partial charge in [-0.05, 0) is 0 Å². The number of benzene rings is 1. The standard InChI is InChI=1S/C11H8N6S/c12-9(18)7-8-11(16-17-15-8)14-10(13-7)6-4-2-1-3-5-6/h1-5H,(H2,12,18)(H,13,14,15,16,17). The predicted octanol–water partition coefficient (Wildman–Crippen LogP) is 1.05. The van der Waals surface area contributed by atoms with Gasteiger partial charge < -0.3 is 5.73 Å². The molecule has 88 valence electrons. The van der Waals surface area contributed by atoms with Crippen LogP contribution in [0.5, 0.6) is 0 Å². The molecule has 0 saturated carbocycles. The third kappa shape index (κ3) is 1.70. The molecule has 0 radical (unpaired) electrons. The maximum Gasteiger partial charge on any atom is 0.205 e. The lowest BCUT2D eigenvalue weighted by Gasteiger charge is -2.02. The first kappa shape index (κ1) is 10.7. The van der Waals surface area contributed by atoms with Crippen LogP contribution in [0, 0.1) is 0 Å². The average Bonchev–Trinajstić information content (AvgIpc) is 2.86. The number of rotatable bonds is 2. The van der Waals surface area contributed by atoms with Gasteiger partial charge in [0, 0.05) is 5.56 Å². The second-order valence-corrected chi connectivity index (χ2v) is 4.06. The molecule has 2 heterocycles. The number of aromatic nitrogens is 5. The zero-order chi connectivity index (χ0) is 12.5. The molecule has 6 nitrogen and oxygen atoms in total. The van der Waals surface area contributed by atoms with Crippen molar-refractivity contribution in [3.8, 4) is 11.4 Å². The van der Waals surface area contributed by atoms with E-state index >= 15 is 0 Å². The molecule has 0 atom stereocenters. The van der Waals surface area contributed by atoms with Gasteiger partial charge in [0.05, 0.1) is 0 Å². The van der Waals surface area contributed by atoms with Crippen molar-refractivity contribution in [1.82, 2.24) is 25.4 Å². The molecule has 0 amide bonds. The highest BCUT2D eigenvalue weighted by Crippen LogP contribution is 2.18. The van der Waals surface area contributed by atoms with E-state index < -0.39 is 0 Å². The molecule has 3 N–H and O–H groups in total. The minimum absolute atomic E-state index is 0.175. The van der Waals surface area contributed by atoms with Crippen LogP contribution in [-0.4, -0.2) is 30.4 Å². The molecule has 1 aromatic carbocycles. The number of nitrogens with one attached hydrogen (secondary N) is 1. The highest BCUT2D eigenvalue weighted by molar-refractivity contribution is 7.80. The van der Waals surface area contributed by atoms with Gasteiger partial charge in [0.25, 0.3) is 0 Å². The number of aromatic amines is 1. The van der Waals surface area contributed by atoms with Gasteiger partial charge in [-0.25, -0.2) is 9.97 Å². The quantitative estimate of drug-likeness (QED) is 0.666. The van der Waals surface area contributed by atoms with Gasteiger partial charge in [-0.2, -0.15) is 10.3 Å². The summed E-state index contributed by atoms with van der Waals surface area (Å²) in [6.45, 7) is 0. The zero-order valence-corrected chi connectivity index (χ0v) is 9.98. The third-order valence-electron chi connectivity index (χ3n) is 2.45. The first-order chi connectivity index (χ1) is 8.75. The molecule has 0 spiro atoms. The van der Waals surface area contributed by atoms with Crippen LogP contribution < -0.4 is 5.73 Å². The van der Waals surface area contributed by atoms with Crippen molar-refractivity contribution in [2.45, 2.75) is 0 Å². The molecule has 0 aliphatic heterocycles. The van der Waals surface area contributed by atoms with E-state index in [4.69, 9.17) is 18.0 Å². The first-order valence-electron chi connectivity index (χ1n) is 5.19. The van der Waals surface area contributed by atoms with Crippen LogP contribution in [0.1, 0.15) is 5.69 Å². The SMILES string of the molecule is NC(=S)c1nc(-c2ccccc2)nc2n[nH]nc12. The Balaban J connectivity index is 2.29. The molecule has 0 bridgehead atoms. The summed E-state index contributed by atoms with van der Waals surface area (Å²) < 4.78 is 0. The zero-order valence-electron chi connectivity index (χ0n) is 9.16. The number of thiocarbonyl (C=S) groups is 1. The monoisotopic (exact) mass is 256 g/mol. The minimum Gasteiger partial charge on any atom is -0.388 e. The second kappa shape index (κ2) is 4.11. The fourth-order valence-electron chi connectivity index (χ4n) is 1.63. The van der Waals surface area contributed by atoms with Crippen molar-refractivity contribution in [3.63, 3.8) is 0 Å². The summed E-state index contributed by atoms with van der Waals surface area (Å²) in [5, 5.41) is 10.4. The van der Waals surface area contributed by atoms with Gasteiger partial charge >= 0.3 is 0 Å². The predicted molar refractivity (Wildman–Crippen MR) is 70.8 cm³/mol. The Morgan fingerprint density at radius 1 is 1.11 bits per heavy atom. The summed E-state index contributed by atoms with van der Waals surface area (Å²) in [6.07, 6.45) is 0. The summed E-state index contributed by atoms with van der Waals surface area (Å²) in [6, 6.07) is 9.56. The number of nitrogens with two attached hydrogens (primary N) is 1. The Bertz CT molecular complexity index is 721. The number of hydrogen-bond donors (Lipinski definition) is 2. The van der Waals surface area contributed by atoms with Crippen LogP contribution in [0.3, 0.4) is 0 Å². The molecule has 7 heteroatoms. The van der Waals surface area contributed by atoms with Crippen LogP contribution in [0.15, 0.2) is 30.3 Å². The van der Waals surface area contributed by atoms with Crippen molar-refractivity contribution >= 4 is 28.4 Å². The highest BCUT2D eigenvalue weighted by Gasteiger charge is 2.14. The van der Waals surface area contributed by atoms with Gasteiger partial charge in [0.2, 0.25) is 5.65 Å². The van der Waals surface area contributed by atoms with Gasteiger partial charge in [-0.15, -0.1) is 5.10 Å².